The zero-order valence-electron chi connectivity index (χ0n) is 9.90. The SMILES string of the molecule is COCCNC(=O)C(C)Sc1ccc(Cl)cc1. The maximum absolute atomic E-state index is 11.7. The van der Waals surface area contributed by atoms with Gasteiger partial charge in [0.25, 0.3) is 0 Å². The van der Waals surface area contributed by atoms with E-state index in [0.29, 0.717) is 18.2 Å². The molecule has 0 aliphatic carbocycles. The fourth-order valence-corrected chi connectivity index (χ4v) is 2.21. The van der Waals surface area contributed by atoms with Crippen LogP contribution in [0.15, 0.2) is 29.2 Å². The number of methoxy groups -OCH3 is 1. The second-order valence-electron chi connectivity index (χ2n) is 3.50. The predicted octanol–water partition coefficient (Wildman–Crippen LogP) is 2.58. The van der Waals surface area contributed by atoms with Crippen molar-refractivity contribution in [3.63, 3.8) is 0 Å². The number of ether oxygens (including phenoxy) is 1. The van der Waals surface area contributed by atoms with Gasteiger partial charge in [-0.2, -0.15) is 0 Å². The number of hydrogen-bond acceptors (Lipinski definition) is 3. The summed E-state index contributed by atoms with van der Waals surface area (Å²) in [6.07, 6.45) is 0. The van der Waals surface area contributed by atoms with Gasteiger partial charge in [-0.25, -0.2) is 0 Å². The van der Waals surface area contributed by atoms with Gasteiger partial charge in [-0.15, -0.1) is 11.8 Å². The number of rotatable bonds is 6. The van der Waals surface area contributed by atoms with Gasteiger partial charge in [-0.3, -0.25) is 4.79 Å². The van der Waals surface area contributed by atoms with Crippen molar-refractivity contribution in [1.82, 2.24) is 5.32 Å². The van der Waals surface area contributed by atoms with Crippen LogP contribution in [0.2, 0.25) is 5.02 Å². The molecule has 94 valence electrons. The van der Waals surface area contributed by atoms with E-state index in [0.717, 1.165) is 4.90 Å². The quantitative estimate of drug-likeness (QED) is 0.640. The van der Waals surface area contributed by atoms with Crippen molar-refractivity contribution in [1.29, 1.82) is 0 Å². The first-order valence-electron chi connectivity index (χ1n) is 5.32. The highest BCUT2D eigenvalue weighted by atomic mass is 35.5. The number of carbonyl (C=O) groups excluding carboxylic acids is 1. The first-order valence-corrected chi connectivity index (χ1v) is 6.58. The minimum absolute atomic E-state index is 0.0157. The molecule has 17 heavy (non-hydrogen) atoms. The van der Waals surface area contributed by atoms with Crippen molar-refractivity contribution in [2.45, 2.75) is 17.1 Å². The second-order valence-corrected chi connectivity index (χ2v) is 5.35. The van der Waals surface area contributed by atoms with Gasteiger partial charge >= 0.3 is 0 Å². The molecule has 1 amide bonds. The number of benzene rings is 1. The average Bonchev–Trinajstić information content (AvgIpc) is 2.32. The Kier molecular flexibility index (Phi) is 6.40. The molecular formula is C12H16ClNO2S. The number of amides is 1. The van der Waals surface area contributed by atoms with Crippen LogP contribution in [0.25, 0.3) is 0 Å². The lowest BCUT2D eigenvalue weighted by Crippen LogP contribution is -2.33. The van der Waals surface area contributed by atoms with Gasteiger partial charge in [0.1, 0.15) is 0 Å². The zero-order chi connectivity index (χ0) is 12.7. The Bertz CT molecular complexity index is 356. The summed E-state index contributed by atoms with van der Waals surface area (Å²) in [5.41, 5.74) is 0. The maximum Gasteiger partial charge on any atom is 0.233 e. The van der Waals surface area contributed by atoms with Crippen LogP contribution in [0.3, 0.4) is 0 Å². The summed E-state index contributed by atoms with van der Waals surface area (Å²) in [5, 5.41) is 3.37. The monoisotopic (exact) mass is 273 g/mol. The molecule has 0 fully saturated rings. The van der Waals surface area contributed by atoms with Crippen molar-refractivity contribution in [3.05, 3.63) is 29.3 Å². The smallest absolute Gasteiger partial charge is 0.233 e. The summed E-state index contributed by atoms with van der Waals surface area (Å²) in [7, 11) is 1.61. The largest absolute Gasteiger partial charge is 0.383 e. The lowest BCUT2D eigenvalue weighted by molar-refractivity contribution is -0.120. The van der Waals surface area contributed by atoms with Crippen LogP contribution in [0.1, 0.15) is 6.92 Å². The van der Waals surface area contributed by atoms with Gasteiger partial charge in [0.2, 0.25) is 5.91 Å². The lowest BCUT2D eigenvalue weighted by atomic mass is 10.4. The minimum Gasteiger partial charge on any atom is -0.383 e. The Labute approximate surface area is 111 Å². The van der Waals surface area contributed by atoms with Gasteiger partial charge in [0.15, 0.2) is 0 Å². The van der Waals surface area contributed by atoms with Crippen molar-refractivity contribution in [2.75, 3.05) is 20.3 Å². The number of thioether (sulfide) groups is 1. The van der Waals surface area contributed by atoms with E-state index in [1.807, 2.05) is 31.2 Å². The highest BCUT2D eigenvalue weighted by Gasteiger charge is 2.13. The molecule has 0 saturated carbocycles. The third-order valence-electron chi connectivity index (χ3n) is 2.10. The molecule has 1 unspecified atom stereocenters. The molecule has 0 bridgehead atoms. The highest BCUT2D eigenvalue weighted by molar-refractivity contribution is 8.00. The lowest BCUT2D eigenvalue weighted by Gasteiger charge is -2.11. The van der Waals surface area contributed by atoms with Gasteiger partial charge in [0, 0.05) is 23.6 Å². The Morgan fingerprint density at radius 3 is 2.71 bits per heavy atom. The van der Waals surface area contributed by atoms with E-state index < -0.39 is 0 Å². The molecule has 0 aliphatic rings. The van der Waals surface area contributed by atoms with Crippen LogP contribution < -0.4 is 5.32 Å². The predicted molar refractivity (Wildman–Crippen MR) is 71.7 cm³/mol. The molecule has 0 aliphatic heterocycles. The topological polar surface area (TPSA) is 38.3 Å². The Balaban J connectivity index is 2.40. The van der Waals surface area contributed by atoms with Crippen LogP contribution in [0.5, 0.6) is 0 Å². The maximum atomic E-state index is 11.7. The highest BCUT2D eigenvalue weighted by Crippen LogP contribution is 2.24. The summed E-state index contributed by atoms with van der Waals surface area (Å²) in [5.74, 6) is 0.0157. The van der Waals surface area contributed by atoms with Gasteiger partial charge in [-0.05, 0) is 31.2 Å². The van der Waals surface area contributed by atoms with Crippen molar-refractivity contribution in [3.8, 4) is 0 Å². The molecule has 5 heteroatoms. The molecule has 1 atom stereocenters. The molecule has 0 aromatic heterocycles. The molecule has 1 N–H and O–H groups in total. The molecule has 1 rings (SSSR count). The molecule has 0 saturated heterocycles. The van der Waals surface area contributed by atoms with Crippen molar-refractivity contribution >= 4 is 29.3 Å². The summed E-state index contributed by atoms with van der Waals surface area (Å²) < 4.78 is 4.87. The fourth-order valence-electron chi connectivity index (χ4n) is 1.19. The number of carbonyl (C=O) groups is 1. The summed E-state index contributed by atoms with van der Waals surface area (Å²) in [6.45, 7) is 2.95. The Morgan fingerprint density at radius 1 is 1.47 bits per heavy atom. The molecule has 0 spiro atoms. The fraction of sp³-hybridized carbons (Fsp3) is 0.417. The van der Waals surface area contributed by atoms with Gasteiger partial charge in [0.05, 0.1) is 11.9 Å². The summed E-state index contributed by atoms with van der Waals surface area (Å²) in [4.78, 5) is 12.7. The van der Waals surface area contributed by atoms with Crippen molar-refractivity contribution < 1.29 is 9.53 Å². The molecule has 0 heterocycles. The Morgan fingerprint density at radius 2 is 2.12 bits per heavy atom. The molecule has 3 nitrogen and oxygen atoms in total. The van der Waals surface area contributed by atoms with Crippen molar-refractivity contribution in [2.24, 2.45) is 0 Å². The first kappa shape index (κ1) is 14.4. The molecule has 0 radical (unpaired) electrons. The van der Waals surface area contributed by atoms with Crippen LogP contribution in [0.4, 0.5) is 0 Å². The van der Waals surface area contributed by atoms with Crippen LogP contribution >= 0.6 is 23.4 Å². The van der Waals surface area contributed by atoms with Crippen LogP contribution in [-0.4, -0.2) is 31.4 Å². The number of halogens is 1. The number of hydrogen-bond donors (Lipinski definition) is 1. The van der Waals surface area contributed by atoms with E-state index in [4.69, 9.17) is 16.3 Å². The Hall–Kier alpha value is -0.710. The molecular weight excluding hydrogens is 258 g/mol. The first-order chi connectivity index (χ1) is 8.13. The third-order valence-corrected chi connectivity index (χ3v) is 3.47. The normalized spacial score (nSPS) is 12.2. The number of nitrogens with one attached hydrogen (secondary N) is 1. The zero-order valence-corrected chi connectivity index (χ0v) is 11.5. The third kappa shape index (κ3) is 5.44. The van der Waals surface area contributed by atoms with Gasteiger partial charge < -0.3 is 10.1 Å². The molecule has 1 aromatic carbocycles. The summed E-state index contributed by atoms with van der Waals surface area (Å²) in [6, 6.07) is 7.46. The van der Waals surface area contributed by atoms with Crippen LogP contribution in [0, 0.1) is 0 Å². The van der Waals surface area contributed by atoms with E-state index in [9.17, 15) is 4.79 Å². The van der Waals surface area contributed by atoms with E-state index in [2.05, 4.69) is 5.32 Å². The van der Waals surface area contributed by atoms with Crippen LogP contribution in [-0.2, 0) is 9.53 Å². The standard InChI is InChI=1S/C12H16ClNO2S/c1-9(12(15)14-7-8-16-2)17-11-5-3-10(13)4-6-11/h3-6,9H,7-8H2,1-2H3,(H,14,15). The second kappa shape index (κ2) is 7.58. The van der Waals surface area contributed by atoms with E-state index >= 15 is 0 Å². The average molecular weight is 274 g/mol. The van der Waals surface area contributed by atoms with E-state index in [-0.39, 0.29) is 11.2 Å². The van der Waals surface area contributed by atoms with E-state index in [1.165, 1.54) is 11.8 Å². The molecule has 1 aromatic rings. The van der Waals surface area contributed by atoms with E-state index in [1.54, 1.807) is 7.11 Å². The minimum atomic E-state index is -0.131. The summed E-state index contributed by atoms with van der Waals surface area (Å²) >= 11 is 7.30. The van der Waals surface area contributed by atoms with Gasteiger partial charge in [-0.1, -0.05) is 11.6 Å².